The minimum absolute atomic E-state index is 0.486. The monoisotopic (exact) mass is 278 g/mol. The highest BCUT2D eigenvalue weighted by Crippen LogP contribution is 2.16. The predicted molar refractivity (Wildman–Crippen MR) is 79.2 cm³/mol. The number of nitrogens with zero attached hydrogens (tertiary/aromatic N) is 2. The van der Waals surface area contributed by atoms with E-state index in [1.807, 2.05) is 26.8 Å². The maximum Gasteiger partial charge on any atom is 0.413 e. The topological polar surface area (TPSA) is 66.5 Å². The highest BCUT2D eigenvalue weighted by Gasteiger charge is 2.17. The number of aromatic nitrogens is 1. The SMILES string of the molecule is CC(C)(C)OC(=O)Nc1ccc(N2CCNCC2)cn1. The number of pyridine rings is 1. The Morgan fingerprint density at radius 2 is 2.05 bits per heavy atom. The third-order valence-electron chi connectivity index (χ3n) is 2.86. The Kier molecular flexibility index (Phi) is 4.44. The maximum absolute atomic E-state index is 11.6. The number of amides is 1. The summed E-state index contributed by atoms with van der Waals surface area (Å²) in [7, 11) is 0. The number of piperazine rings is 1. The van der Waals surface area contributed by atoms with Gasteiger partial charge in [0, 0.05) is 26.2 Å². The molecule has 1 aliphatic rings. The molecule has 0 atom stereocenters. The first kappa shape index (κ1) is 14.6. The average molecular weight is 278 g/mol. The minimum Gasteiger partial charge on any atom is -0.444 e. The van der Waals surface area contributed by atoms with Crippen LogP contribution in [-0.4, -0.2) is 42.9 Å². The molecular formula is C14H22N4O2. The summed E-state index contributed by atoms with van der Waals surface area (Å²) < 4.78 is 5.18. The lowest BCUT2D eigenvalue weighted by Crippen LogP contribution is -2.43. The Balaban J connectivity index is 1.92. The fourth-order valence-corrected chi connectivity index (χ4v) is 1.98. The summed E-state index contributed by atoms with van der Waals surface area (Å²) in [5.74, 6) is 0.498. The van der Waals surface area contributed by atoms with Crippen molar-refractivity contribution in [3.8, 4) is 0 Å². The van der Waals surface area contributed by atoms with Crippen molar-refractivity contribution in [3.63, 3.8) is 0 Å². The highest BCUT2D eigenvalue weighted by atomic mass is 16.6. The maximum atomic E-state index is 11.6. The zero-order chi connectivity index (χ0) is 14.6. The normalized spacial score (nSPS) is 15.8. The number of carbonyl (C=O) groups is 1. The Labute approximate surface area is 119 Å². The van der Waals surface area contributed by atoms with Crippen LogP contribution in [0.3, 0.4) is 0 Å². The Bertz CT molecular complexity index is 447. The van der Waals surface area contributed by atoms with E-state index in [0.717, 1.165) is 31.9 Å². The van der Waals surface area contributed by atoms with Gasteiger partial charge < -0.3 is 15.0 Å². The zero-order valence-electron chi connectivity index (χ0n) is 12.3. The van der Waals surface area contributed by atoms with Gasteiger partial charge in [-0.05, 0) is 32.9 Å². The quantitative estimate of drug-likeness (QED) is 0.864. The summed E-state index contributed by atoms with van der Waals surface area (Å²) in [5.41, 5.74) is 0.561. The molecule has 2 rings (SSSR count). The van der Waals surface area contributed by atoms with E-state index in [9.17, 15) is 4.79 Å². The Morgan fingerprint density at radius 1 is 1.35 bits per heavy atom. The van der Waals surface area contributed by atoms with E-state index in [2.05, 4.69) is 20.5 Å². The summed E-state index contributed by atoms with van der Waals surface area (Å²) >= 11 is 0. The van der Waals surface area contributed by atoms with Gasteiger partial charge in [-0.2, -0.15) is 0 Å². The van der Waals surface area contributed by atoms with Crippen molar-refractivity contribution in [2.75, 3.05) is 36.4 Å². The molecule has 6 nitrogen and oxygen atoms in total. The zero-order valence-corrected chi connectivity index (χ0v) is 12.3. The molecule has 110 valence electrons. The molecule has 0 unspecified atom stereocenters. The van der Waals surface area contributed by atoms with Gasteiger partial charge in [0.2, 0.25) is 0 Å². The van der Waals surface area contributed by atoms with Crippen molar-refractivity contribution in [1.82, 2.24) is 10.3 Å². The van der Waals surface area contributed by atoms with Crippen molar-refractivity contribution in [3.05, 3.63) is 18.3 Å². The van der Waals surface area contributed by atoms with Crippen molar-refractivity contribution in [2.24, 2.45) is 0 Å². The fourth-order valence-electron chi connectivity index (χ4n) is 1.98. The van der Waals surface area contributed by atoms with Crippen molar-refractivity contribution >= 4 is 17.6 Å². The highest BCUT2D eigenvalue weighted by molar-refractivity contribution is 5.83. The summed E-state index contributed by atoms with van der Waals surface area (Å²) in [4.78, 5) is 18.1. The first-order chi connectivity index (χ1) is 9.44. The molecule has 1 aromatic heterocycles. The first-order valence-corrected chi connectivity index (χ1v) is 6.86. The number of hydrogen-bond donors (Lipinski definition) is 2. The molecule has 0 aromatic carbocycles. The minimum atomic E-state index is -0.509. The second-order valence-corrected chi connectivity index (χ2v) is 5.77. The molecule has 0 spiro atoms. The van der Waals surface area contributed by atoms with Crippen LogP contribution in [0.1, 0.15) is 20.8 Å². The molecule has 0 bridgehead atoms. The molecule has 0 saturated carbocycles. The number of nitrogens with one attached hydrogen (secondary N) is 2. The Morgan fingerprint density at radius 3 is 2.60 bits per heavy atom. The molecule has 2 N–H and O–H groups in total. The molecule has 1 fully saturated rings. The summed E-state index contributed by atoms with van der Waals surface area (Å²) in [6.07, 6.45) is 1.29. The number of carbonyl (C=O) groups excluding carboxylic acids is 1. The third-order valence-corrected chi connectivity index (χ3v) is 2.86. The molecule has 20 heavy (non-hydrogen) atoms. The molecule has 1 saturated heterocycles. The molecule has 1 aromatic rings. The second-order valence-electron chi connectivity index (χ2n) is 5.77. The smallest absolute Gasteiger partial charge is 0.413 e. The van der Waals surface area contributed by atoms with Gasteiger partial charge >= 0.3 is 6.09 Å². The van der Waals surface area contributed by atoms with Crippen LogP contribution in [-0.2, 0) is 4.74 Å². The van der Waals surface area contributed by atoms with Gasteiger partial charge in [-0.25, -0.2) is 9.78 Å². The van der Waals surface area contributed by atoms with Gasteiger partial charge in [-0.15, -0.1) is 0 Å². The first-order valence-electron chi connectivity index (χ1n) is 6.86. The largest absolute Gasteiger partial charge is 0.444 e. The molecule has 0 aliphatic carbocycles. The van der Waals surface area contributed by atoms with E-state index in [1.54, 1.807) is 12.3 Å². The van der Waals surface area contributed by atoms with Gasteiger partial charge in [-0.3, -0.25) is 5.32 Å². The van der Waals surface area contributed by atoms with E-state index in [4.69, 9.17) is 4.74 Å². The van der Waals surface area contributed by atoms with Crippen LogP contribution in [0.4, 0.5) is 16.3 Å². The van der Waals surface area contributed by atoms with Gasteiger partial charge in [0.05, 0.1) is 11.9 Å². The van der Waals surface area contributed by atoms with E-state index in [0.29, 0.717) is 5.82 Å². The lowest BCUT2D eigenvalue weighted by molar-refractivity contribution is 0.0635. The molecular weight excluding hydrogens is 256 g/mol. The molecule has 2 heterocycles. The lowest BCUT2D eigenvalue weighted by Gasteiger charge is -2.29. The molecule has 6 heteroatoms. The van der Waals surface area contributed by atoms with Gasteiger partial charge in [0.15, 0.2) is 0 Å². The van der Waals surface area contributed by atoms with Crippen LogP contribution in [0, 0.1) is 0 Å². The van der Waals surface area contributed by atoms with Crippen LogP contribution in [0.5, 0.6) is 0 Å². The van der Waals surface area contributed by atoms with Crippen LogP contribution >= 0.6 is 0 Å². The number of ether oxygens (including phenoxy) is 1. The van der Waals surface area contributed by atoms with Crippen LogP contribution < -0.4 is 15.5 Å². The Hall–Kier alpha value is -1.82. The number of hydrogen-bond acceptors (Lipinski definition) is 5. The van der Waals surface area contributed by atoms with Crippen molar-refractivity contribution < 1.29 is 9.53 Å². The molecule has 1 amide bonds. The van der Waals surface area contributed by atoms with Crippen LogP contribution in [0.25, 0.3) is 0 Å². The third kappa shape index (κ3) is 4.38. The fraction of sp³-hybridized carbons (Fsp3) is 0.571. The standard InChI is InChI=1S/C14H22N4O2/c1-14(2,3)20-13(19)17-12-5-4-11(10-16-12)18-8-6-15-7-9-18/h4-5,10,15H,6-9H2,1-3H3,(H,16,17,19). The van der Waals surface area contributed by atoms with Gasteiger partial charge in [0.1, 0.15) is 11.4 Å². The van der Waals surface area contributed by atoms with Crippen LogP contribution in [0.15, 0.2) is 18.3 Å². The summed E-state index contributed by atoms with van der Waals surface area (Å²) in [6, 6.07) is 3.76. The molecule has 0 radical (unpaired) electrons. The lowest BCUT2D eigenvalue weighted by atomic mass is 10.2. The van der Waals surface area contributed by atoms with E-state index < -0.39 is 11.7 Å². The second kappa shape index (κ2) is 6.09. The van der Waals surface area contributed by atoms with Gasteiger partial charge in [0.25, 0.3) is 0 Å². The predicted octanol–water partition coefficient (Wildman–Crippen LogP) is 1.84. The van der Waals surface area contributed by atoms with Crippen molar-refractivity contribution in [1.29, 1.82) is 0 Å². The van der Waals surface area contributed by atoms with Gasteiger partial charge in [-0.1, -0.05) is 0 Å². The van der Waals surface area contributed by atoms with Crippen molar-refractivity contribution in [2.45, 2.75) is 26.4 Å². The van der Waals surface area contributed by atoms with Crippen LogP contribution in [0.2, 0.25) is 0 Å². The van der Waals surface area contributed by atoms with E-state index >= 15 is 0 Å². The summed E-state index contributed by atoms with van der Waals surface area (Å²) in [5, 5.41) is 5.93. The molecule has 1 aliphatic heterocycles. The summed E-state index contributed by atoms with van der Waals surface area (Å²) in [6.45, 7) is 9.39. The van der Waals surface area contributed by atoms with E-state index in [1.165, 1.54) is 0 Å². The van der Waals surface area contributed by atoms with E-state index in [-0.39, 0.29) is 0 Å². The average Bonchev–Trinajstić information content (AvgIpc) is 2.38. The number of rotatable bonds is 2. The number of anilines is 2.